The minimum atomic E-state index is 0.129. The van der Waals surface area contributed by atoms with Crippen molar-refractivity contribution in [1.82, 2.24) is 4.90 Å². The van der Waals surface area contributed by atoms with Gasteiger partial charge in [-0.25, -0.2) is 0 Å². The van der Waals surface area contributed by atoms with E-state index in [4.69, 9.17) is 0 Å². The van der Waals surface area contributed by atoms with Crippen molar-refractivity contribution in [3.05, 3.63) is 29.8 Å². The highest BCUT2D eigenvalue weighted by atomic mass is 32.1. The normalized spacial score (nSPS) is 21.1. The van der Waals surface area contributed by atoms with E-state index < -0.39 is 0 Å². The van der Waals surface area contributed by atoms with Crippen LogP contribution in [0.5, 0.6) is 0 Å². The SMILES string of the molecule is CC1CCCN(C(=O)c2ccccc2S)CC1. The number of benzene rings is 1. The first-order chi connectivity index (χ1) is 8.18. The van der Waals surface area contributed by atoms with Gasteiger partial charge in [0, 0.05) is 18.0 Å². The number of rotatable bonds is 1. The molecule has 1 aromatic rings. The van der Waals surface area contributed by atoms with Gasteiger partial charge in [-0.2, -0.15) is 0 Å². The van der Waals surface area contributed by atoms with Crippen molar-refractivity contribution in [2.75, 3.05) is 13.1 Å². The zero-order chi connectivity index (χ0) is 12.3. The van der Waals surface area contributed by atoms with Crippen molar-refractivity contribution < 1.29 is 4.79 Å². The molecule has 0 N–H and O–H groups in total. The summed E-state index contributed by atoms with van der Waals surface area (Å²) in [5.41, 5.74) is 0.727. The Morgan fingerprint density at radius 1 is 1.29 bits per heavy atom. The lowest BCUT2D eigenvalue weighted by Gasteiger charge is -2.21. The standard InChI is InChI=1S/C14H19NOS/c1-11-5-4-9-15(10-8-11)14(16)12-6-2-3-7-13(12)17/h2-3,6-7,11,17H,4-5,8-10H2,1H3. The van der Waals surface area contributed by atoms with Crippen LogP contribution in [0.15, 0.2) is 29.2 Å². The lowest BCUT2D eigenvalue weighted by atomic mass is 10.0. The molecule has 1 fully saturated rings. The van der Waals surface area contributed by atoms with Crippen molar-refractivity contribution in [1.29, 1.82) is 0 Å². The van der Waals surface area contributed by atoms with E-state index in [1.165, 1.54) is 6.42 Å². The average molecular weight is 249 g/mol. The van der Waals surface area contributed by atoms with Crippen LogP contribution in [0.25, 0.3) is 0 Å². The fourth-order valence-corrected chi connectivity index (χ4v) is 2.55. The number of likely N-dealkylation sites (tertiary alicyclic amines) is 1. The summed E-state index contributed by atoms with van der Waals surface area (Å²) in [5, 5.41) is 0. The second kappa shape index (κ2) is 5.58. The van der Waals surface area contributed by atoms with Crippen LogP contribution in [-0.4, -0.2) is 23.9 Å². The van der Waals surface area contributed by atoms with Gasteiger partial charge in [0.1, 0.15) is 0 Å². The number of carbonyl (C=O) groups excluding carboxylic acids is 1. The van der Waals surface area contributed by atoms with E-state index in [0.717, 1.165) is 42.3 Å². The van der Waals surface area contributed by atoms with Gasteiger partial charge in [0.05, 0.1) is 5.56 Å². The zero-order valence-corrected chi connectivity index (χ0v) is 11.1. The van der Waals surface area contributed by atoms with Crippen LogP contribution in [0.1, 0.15) is 36.5 Å². The Morgan fingerprint density at radius 3 is 2.82 bits per heavy atom. The molecule has 0 spiro atoms. The monoisotopic (exact) mass is 249 g/mol. The smallest absolute Gasteiger partial charge is 0.254 e. The highest BCUT2D eigenvalue weighted by Gasteiger charge is 2.20. The average Bonchev–Trinajstić information content (AvgIpc) is 2.54. The first kappa shape index (κ1) is 12.5. The highest BCUT2D eigenvalue weighted by Crippen LogP contribution is 2.20. The van der Waals surface area contributed by atoms with E-state index in [1.807, 2.05) is 29.2 Å². The molecule has 2 rings (SSSR count). The molecule has 1 amide bonds. The van der Waals surface area contributed by atoms with Gasteiger partial charge in [-0.15, -0.1) is 12.6 Å². The second-order valence-electron chi connectivity index (χ2n) is 4.85. The maximum Gasteiger partial charge on any atom is 0.254 e. The van der Waals surface area contributed by atoms with E-state index in [2.05, 4.69) is 19.6 Å². The Balaban J connectivity index is 2.12. The first-order valence-corrected chi connectivity index (χ1v) is 6.70. The Kier molecular flexibility index (Phi) is 4.11. The van der Waals surface area contributed by atoms with Gasteiger partial charge in [-0.1, -0.05) is 19.1 Å². The molecule has 1 unspecified atom stereocenters. The molecule has 0 saturated carbocycles. The molecule has 0 aliphatic carbocycles. The molecule has 0 aromatic heterocycles. The molecular weight excluding hydrogens is 230 g/mol. The summed E-state index contributed by atoms with van der Waals surface area (Å²) in [6.07, 6.45) is 3.45. The third-order valence-corrected chi connectivity index (χ3v) is 3.83. The Hall–Kier alpha value is -0.960. The topological polar surface area (TPSA) is 20.3 Å². The summed E-state index contributed by atoms with van der Waals surface area (Å²) in [5.74, 6) is 0.865. The third-order valence-electron chi connectivity index (χ3n) is 3.44. The van der Waals surface area contributed by atoms with Crippen LogP contribution >= 0.6 is 12.6 Å². The summed E-state index contributed by atoms with van der Waals surface area (Å²) < 4.78 is 0. The molecule has 1 atom stereocenters. The fraction of sp³-hybridized carbons (Fsp3) is 0.500. The molecule has 1 aliphatic heterocycles. The van der Waals surface area contributed by atoms with Crippen LogP contribution in [0.2, 0.25) is 0 Å². The number of nitrogens with zero attached hydrogens (tertiary/aromatic N) is 1. The Morgan fingerprint density at radius 2 is 2.06 bits per heavy atom. The summed E-state index contributed by atoms with van der Waals surface area (Å²) >= 11 is 4.35. The van der Waals surface area contributed by atoms with Crippen LogP contribution < -0.4 is 0 Å². The molecule has 1 saturated heterocycles. The fourth-order valence-electron chi connectivity index (χ4n) is 2.29. The van der Waals surface area contributed by atoms with Crippen LogP contribution in [0.4, 0.5) is 0 Å². The van der Waals surface area contributed by atoms with Crippen molar-refractivity contribution >= 4 is 18.5 Å². The van der Waals surface area contributed by atoms with Crippen LogP contribution in [0, 0.1) is 5.92 Å². The minimum absolute atomic E-state index is 0.129. The molecule has 1 heterocycles. The van der Waals surface area contributed by atoms with E-state index in [1.54, 1.807) is 0 Å². The molecule has 92 valence electrons. The van der Waals surface area contributed by atoms with Gasteiger partial charge in [-0.05, 0) is 37.3 Å². The molecule has 2 nitrogen and oxygen atoms in total. The molecule has 1 aliphatic rings. The zero-order valence-electron chi connectivity index (χ0n) is 10.2. The number of amides is 1. The predicted molar refractivity (Wildman–Crippen MR) is 72.6 cm³/mol. The van der Waals surface area contributed by atoms with Crippen molar-refractivity contribution in [3.8, 4) is 0 Å². The van der Waals surface area contributed by atoms with Crippen molar-refractivity contribution in [3.63, 3.8) is 0 Å². The predicted octanol–water partition coefficient (Wildman–Crippen LogP) is 3.24. The molecule has 1 aromatic carbocycles. The lowest BCUT2D eigenvalue weighted by molar-refractivity contribution is 0.0757. The van der Waals surface area contributed by atoms with Gasteiger partial charge in [0.15, 0.2) is 0 Å². The molecule has 3 heteroatoms. The quantitative estimate of drug-likeness (QED) is 0.758. The van der Waals surface area contributed by atoms with Gasteiger partial charge in [-0.3, -0.25) is 4.79 Å². The first-order valence-electron chi connectivity index (χ1n) is 6.25. The van der Waals surface area contributed by atoms with E-state index in [9.17, 15) is 4.79 Å². The maximum absolute atomic E-state index is 12.4. The number of hydrogen-bond acceptors (Lipinski definition) is 2. The number of hydrogen-bond donors (Lipinski definition) is 1. The van der Waals surface area contributed by atoms with E-state index in [0.29, 0.717) is 0 Å². The third kappa shape index (κ3) is 3.03. The lowest BCUT2D eigenvalue weighted by Crippen LogP contribution is -2.32. The minimum Gasteiger partial charge on any atom is -0.339 e. The summed E-state index contributed by atoms with van der Waals surface area (Å²) in [6.45, 7) is 4.02. The van der Waals surface area contributed by atoms with E-state index in [-0.39, 0.29) is 5.91 Å². The van der Waals surface area contributed by atoms with Crippen LogP contribution in [-0.2, 0) is 0 Å². The summed E-state index contributed by atoms with van der Waals surface area (Å²) in [7, 11) is 0. The van der Waals surface area contributed by atoms with Gasteiger partial charge in [0.25, 0.3) is 5.91 Å². The Bertz CT molecular complexity index is 405. The molecular formula is C14H19NOS. The van der Waals surface area contributed by atoms with Crippen molar-refractivity contribution in [2.24, 2.45) is 5.92 Å². The second-order valence-corrected chi connectivity index (χ2v) is 5.33. The summed E-state index contributed by atoms with van der Waals surface area (Å²) in [6, 6.07) is 7.53. The maximum atomic E-state index is 12.4. The van der Waals surface area contributed by atoms with Gasteiger partial charge < -0.3 is 4.90 Å². The summed E-state index contributed by atoms with van der Waals surface area (Å²) in [4.78, 5) is 15.1. The molecule has 17 heavy (non-hydrogen) atoms. The van der Waals surface area contributed by atoms with Crippen LogP contribution in [0.3, 0.4) is 0 Å². The Labute approximate surface area is 108 Å². The number of carbonyl (C=O) groups is 1. The number of thiol groups is 1. The largest absolute Gasteiger partial charge is 0.339 e. The highest BCUT2D eigenvalue weighted by molar-refractivity contribution is 7.80. The van der Waals surface area contributed by atoms with E-state index >= 15 is 0 Å². The molecule has 0 radical (unpaired) electrons. The molecule has 0 bridgehead atoms. The van der Waals surface area contributed by atoms with Gasteiger partial charge >= 0.3 is 0 Å². The van der Waals surface area contributed by atoms with Gasteiger partial charge in [0.2, 0.25) is 0 Å². The van der Waals surface area contributed by atoms with Crippen molar-refractivity contribution in [2.45, 2.75) is 31.1 Å².